The van der Waals surface area contributed by atoms with Crippen molar-refractivity contribution in [1.29, 1.82) is 0 Å². The molecule has 2 fully saturated rings. The number of hydrogen-bond donors (Lipinski definition) is 0. The van der Waals surface area contributed by atoms with E-state index in [0.29, 0.717) is 39.3 Å². The highest BCUT2D eigenvalue weighted by Crippen LogP contribution is 2.54. The summed E-state index contributed by atoms with van der Waals surface area (Å²) in [4.78, 5) is 24.0. The van der Waals surface area contributed by atoms with Crippen molar-refractivity contribution in [3.8, 4) is 11.1 Å². The molecule has 2 saturated heterocycles. The fourth-order valence-corrected chi connectivity index (χ4v) is 5.67. The van der Waals surface area contributed by atoms with Crippen molar-refractivity contribution in [3.05, 3.63) is 59.7 Å². The third kappa shape index (κ3) is 6.79. The summed E-state index contributed by atoms with van der Waals surface area (Å²) in [6.07, 6.45) is 9.07. The van der Waals surface area contributed by atoms with Gasteiger partial charge in [-0.1, -0.05) is 74.2 Å². The quantitative estimate of drug-likeness (QED) is 0.164. The highest BCUT2D eigenvalue weighted by molar-refractivity contribution is 5.81. The Morgan fingerprint density at radius 3 is 1.54 bits per heavy atom. The molecule has 198 valence electrons. The molecular formula is C31H38O6. The number of carbonyl (C=O) groups is 2. The van der Waals surface area contributed by atoms with Crippen molar-refractivity contribution in [1.82, 2.24) is 0 Å². The summed E-state index contributed by atoms with van der Waals surface area (Å²) >= 11 is 0. The van der Waals surface area contributed by atoms with E-state index < -0.39 is 0 Å². The topological polar surface area (TPSA) is 77.7 Å². The summed E-state index contributed by atoms with van der Waals surface area (Å²) in [5.41, 5.74) is 5.50. The van der Waals surface area contributed by atoms with Crippen molar-refractivity contribution in [2.24, 2.45) is 0 Å². The van der Waals surface area contributed by atoms with Crippen LogP contribution in [-0.4, -0.2) is 50.6 Å². The van der Waals surface area contributed by atoms with Crippen molar-refractivity contribution < 1.29 is 28.5 Å². The number of rotatable bonds is 16. The number of ether oxygens (including phenoxy) is 4. The minimum absolute atomic E-state index is 0.0270. The number of carbonyl (C=O) groups excluding carboxylic acids is 2. The standard InChI is InChI=1S/C31H38O6/c32-29(36-21-23-19-34-23)15-3-1-9-17-31(18-10-2-4-16-30(33)37-22-24-20-35-24)27-13-7-5-11-25(27)26-12-6-8-14-28(26)31/h5-8,11-14,23-24H,1-4,9-10,15-22H2. The number of fused-ring (bicyclic) bond motifs is 3. The van der Waals surface area contributed by atoms with E-state index in [9.17, 15) is 9.59 Å². The second-order valence-electron chi connectivity index (χ2n) is 10.6. The molecule has 5 rings (SSSR count). The molecule has 0 amide bonds. The van der Waals surface area contributed by atoms with Crippen LogP contribution in [0, 0.1) is 0 Å². The van der Waals surface area contributed by atoms with Crippen molar-refractivity contribution in [2.45, 2.75) is 81.8 Å². The van der Waals surface area contributed by atoms with Crippen molar-refractivity contribution in [2.75, 3.05) is 26.4 Å². The second-order valence-corrected chi connectivity index (χ2v) is 10.6. The van der Waals surface area contributed by atoms with Crippen molar-refractivity contribution in [3.63, 3.8) is 0 Å². The molecule has 0 spiro atoms. The van der Waals surface area contributed by atoms with E-state index in [4.69, 9.17) is 18.9 Å². The molecule has 0 radical (unpaired) electrons. The monoisotopic (exact) mass is 506 g/mol. The average Bonchev–Trinajstić information content (AvgIpc) is 3.85. The van der Waals surface area contributed by atoms with Gasteiger partial charge < -0.3 is 18.9 Å². The van der Waals surface area contributed by atoms with Gasteiger partial charge in [0, 0.05) is 18.3 Å². The molecule has 2 unspecified atom stereocenters. The minimum Gasteiger partial charge on any atom is -0.463 e. The molecule has 2 heterocycles. The second kappa shape index (κ2) is 12.2. The predicted octanol–water partition coefficient (Wildman–Crippen LogP) is 5.74. The van der Waals surface area contributed by atoms with Crippen LogP contribution < -0.4 is 0 Å². The van der Waals surface area contributed by atoms with Gasteiger partial charge in [0.1, 0.15) is 25.4 Å². The van der Waals surface area contributed by atoms with E-state index in [2.05, 4.69) is 48.5 Å². The summed E-state index contributed by atoms with van der Waals surface area (Å²) in [7, 11) is 0. The van der Waals surface area contributed by atoms with Gasteiger partial charge in [-0.2, -0.15) is 0 Å². The maximum atomic E-state index is 12.0. The van der Waals surface area contributed by atoms with Crippen LogP contribution in [0.1, 0.15) is 75.3 Å². The van der Waals surface area contributed by atoms with Crippen LogP contribution in [0.15, 0.2) is 48.5 Å². The first-order valence-electron chi connectivity index (χ1n) is 13.9. The lowest BCUT2D eigenvalue weighted by Gasteiger charge is -2.33. The van der Waals surface area contributed by atoms with Gasteiger partial charge in [0.2, 0.25) is 0 Å². The van der Waals surface area contributed by atoms with E-state index in [1.54, 1.807) is 0 Å². The van der Waals surface area contributed by atoms with E-state index >= 15 is 0 Å². The molecule has 6 heteroatoms. The third-order valence-corrected chi connectivity index (χ3v) is 7.81. The number of unbranched alkanes of at least 4 members (excludes halogenated alkanes) is 4. The van der Waals surface area contributed by atoms with E-state index in [1.165, 1.54) is 22.3 Å². The normalized spacial score (nSPS) is 20.1. The van der Waals surface area contributed by atoms with Crippen LogP contribution in [0.5, 0.6) is 0 Å². The summed E-state index contributed by atoms with van der Waals surface area (Å²) in [5, 5.41) is 0. The maximum absolute atomic E-state index is 12.0. The number of esters is 2. The van der Waals surface area contributed by atoms with Crippen LogP contribution >= 0.6 is 0 Å². The molecule has 6 nitrogen and oxygen atoms in total. The van der Waals surface area contributed by atoms with Gasteiger partial charge in [0.05, 0.1) is 13.2 Å². The summed E-state index contributed by atoms with van der Waals surface area (Å²) in [6, 6.07) is 17.6. The zero-order valence-corrected chi connectivity index (χ0v) is 21.6. The molecular weight excluding hydrogens is 468 g/mol. The molecule has 3 aliphatic rings. The van der Waals surface area contributed by atoms with Crippen LogP contribution in [0.2, 0.25) is 0 Å². The number of benzene rings is 2. The molecule has 0 saturated carbocycles. The van der Waals surface area contributed by atoms with Crippen LogP contribution in [0.25, 0.3) is 11.1 Å². The molecule has 37 heavy (non-hydrogen) atoms. The van der Waals surface area contributed by atoms with Gasteiger partial charge in [-0.25, -0.2) is 0 Å². The molecule has 2 atom stereocenters. The lowest BCUT2D eigenvalue weighted by molar-refractivity contribution is -0.145. The first-order valence-corrected chi connectivity index (χ1v) is 13.9. The molecule has 0 aromatic heterocycles. The van der Waals surface area contributed by atoms with E-state index in [1.807, 2.05) is 0 Å². The first kappa shape index (κ1) is 25.9. The van der Waals surface area contributed by atoms with Crippen molar-refractivity contribution >= 4 is 11.9 Å². The average molecular weight is 507 g/mol. The minimum atomic E-state index is -0.120. The number of epoxide rings is 2. The van der Waals surface area contributed by atoms with Crippen LogP contribution in [0.3, 0.4) is 0 Å². The Hall–Kier alpha value is -2.70. The zero-order chi connectivity index (χ0) is 25.5. The highest BCUT2D eigenvalue weighted by Gasteiger charge is 2.41. The summed E-state index contributed by atoms with van der Waals surface area (Å²) < 4.78 is 20.8. The van der Waals surface area contributed by atoms with Gasteiger partial charge in [0.15, 0.2) is 0 Å². The fraction of sp³-hybridized carbons (Fsp3) is 0.548. The van der Waals surface area contributed by atoms with Gasteiger partial charge in [-0.15, -0.1) is 0 Å². The van der Waals surface area contributed by atoms with Crippen LogP contribution in [0.4, 0.5) is 0 Å². The molecule has 1 aliphatic carbocycles. The van der Waals surface area contributed by atoms with Gasteiger partial charge >= 0.3 is 11.9 Å². The highest BCUT2D eigenvalue weighted by atomic mass is 16.6. The Labute approximate surface area is 219 Å². The fourth-order valence-electron chi connectivity index (χ4n) is 5.67. The summed E-state index contributed by atoms with van der Waals surface area (Å²) in [6.45, 7) is 2.20. The smallest absolute Gasteiger partial charge is 0.305 e. The lowest BCUT2D eigenvalue weighted by Crippen LogP contribution is -2.25. The Bertz CT molecular complexity index is 985. The van der Waals surface area contributed by atoms with Gasteiger partial charge in [-0.3, -0.25) is 9.59 Å². The predicted molar refractivity (Wildman–Crippen MR) is 140 cm³/mol. The first-order chi connectivity index (χ1) is 18.2. The van der Waals surface area contributed by atoms with E-state index in [-0.39, 0.29) is 29.6 Å². The molecule has 2 aromatic rings. The van der Waals surface area contributed by atoms with Crippen LogP contribution in [-0.2, 0) is 34.0 Å². The Morgan fingerprint density at radius 1 is 0.676 bits per heavy atom. The zero-order valence-electron chi connectivity index (χ0n) is 21.6. The van der Waals surface area contributed by atoms with E-state index in [0.717, 1.165) is 51.4 Å². The number of hydrogen-bond acceptors (Lipinski definition) is 6. The Balaban J connectivity index is 1.17. The van der Waals surface area contributed by atoms with Gasteiger partial charge in [0.25, 0.3) is 0 Å². The summed E-state index contributed by atoms with van der Waals surface area (Å²) in [5.74, 6) is -0.241. The Kier molecular flexibility index (Phi) is 8.57. The maximum Gasteiger partial charge on any atom is 0.305 e. The van der Waals surface area contributed by atoms with Gasteiger partial charge in [-0.05, 0) is 47.9 Å². The Morgan fingerprint density at radius 2 is 1.11 bits per heavy atom. The molecule has 0 bridgehead atoms. The molecule has 2 aromatic carbocycles. The SMILES string of the molecule is O=C(CCCCCC1(CCCCCC(=O)OCC2CO2)c2ccccc2-c2ccccc21)OCC1CO1. The third-order valence-electron chi connectivity index (χ3n) is 7.81. The molecule has 0 N–H and O–H groups in total. The largest absolute Gasteiger partial charge is 0.463 e. The lowest BCUT2D eigenvalue weighted by atomic mass is 9.70. The molecule has 2 aliphatic heterocycles.